The topological polar surface area (TPSA) is 16.4 Å². The van der Waals surface area contributed by atoms with E-state index in [1.54, 1.807) is 0 Å². The van der Waals surface area contributed by atoms with E-state index in [1.807, 2.05) is 54.6 Å². The van der Waals surface area contributed by atoms with Crippen LogP contribution in [0.15, 0.2) is 204 Å². The highest BCUT2D eigenvalue weighted by molar-refractivity contribution is 6.24. The smallest absolute Gasteiger partial charge is 0.145 e. The summed E-state index contributed by atoms with van der Waals surface area (Å²) < 4.78 is 50.9. The molecular weight excluding hydrogens is 691 g/mol. The minimum atomic E-state index is -0.424. The first-order valence-electron chi connectivity index (χ1n) is 21.9. The Balaban J connectivity index is 1.25. The number of fused-ring (bicyclic) bond motifs is 8. The second-order valence-corrected chi connectivity index (χ2v) is 15.3. The van der Waals surface area contributed by atoms with Gasteiger partial charge in [0.25, 0.3) is 0 Å². The van der Waals surface area contributed by atoms with Crippen molar-refractivity contribution in [3.63, 3.8) is 0 Å². The van der Waals surface area contributed by atoms with Crippen molar-refractivity contribution < 1.29 is 11.3 Å². The van der Waals surface area contributed by atoms with Gasteiger partial charge in [-0.25, -0.2) is 0 Å². The molecule has 2 heteroatoms. The van der Waals surface area contributed by atoms with Crippen LogP contribution in [-0.4, -0.2) is 0 Å². The van der Waals surface area contributed by atoms with Crippen LogP contribution in [0, 0.1) is 0 Å². The zero-order valence-corrected chi connectivity index (χ0v) is 31.5. The van der Waals surface area contributed by atoms with Gasteiger partial charge >= 0.3 is 0 Å². The number of nitrogens with zero attached hydrogens (tertiary/aromatic N) is 1. The van der Waals surface area contributed by atoms with Crippen LogP contribution < -0.4 is 4.90 Å². The molecule has 0 atom stereocenters. The highest BCUT2D eigenvalue weighted by atomic mass is 16.3. The van der Waals surface area contributed by atoms with Crippen molar-refractivity contribution in [1.29, 1.82) is 0 Å². The SMILES string of the molecule is [2H]c1c([2H])c([2H])c(-c2cc3c(oc4c(-c5ccccc5)ccc(N(c5ccc(-c6ccccc6)cc5)c5ccc6c(c5)C(C)(C)c5ccccc5-6)c43)c3ccccc23)c([2H])c1[2H]. The molecule has 1 heterocycles. The molecule has 9 aromatic carbocycles. The standard InChI is InChI=1S/C55H39NO/c1-55(2)49-25-15-14-23-44(49)45-31-30-41(34-50(45)55)56(40-28-26-37(27-29-40)36-16-6-3-7-17-36)51-33-32-42(38-18-8-4-9-19-38)54-52(51)48-35-47(39-20-10-5-11-21-39)43-22-12-13-24-46(43)53(48)57-54/h3-35H,1-2H3/i5D,10D,11D,20D,21D. The van der Waals surface area contributed by atoms with E-state index in [2.05, 4.69) is 134 Å². The Bertz CT molecular complexity index is 3400. The molecule has 11 rings (SSSR count). The van der Waals surface area contributed by atoms with Crippen molar-refractivity contribution in [1.82, 2.24) is 0 Å². The van der Waals surface area contributed by atoms with Gasteiger partial charge < -0.3 is 9.32 Å². The van der Waals surface area contributed by atoms with E-state index in [9.17, 15) is 0 Å². The van der Waals surface area contributed by atoms with E-state index in [1.165, 1.54) is 22.3 Å². The Hall–Kier alpha value is -7.16. The summed E-state index contributed by atoms with van der Waals surface area (Å²) in [5, 5.41) is 3.13. The fourth-order valence-electron chi connectivity index (χ4n) is 9.00. The molecule has 0 fully saturated rings. The highest BCUT2D eigenvalue weighted by Crippen LogP contribution is 2.53. The Morgan fingerprint density at radius 3 is 1.82 bits per heavy atom. The Morgan fingerprint density at radius 2 is 1.05 bits per heavy atom. The molecule has 10 aromatic rings. The number of rotatable bonds is 6. The molecule has 1 aliphatic carbocycles. The molecule has 0 spiro atoms. The van der Waals surface area contributed by atoms with Crippen LogP contribution in [0.2, 0.25) is 0 Å². The van der Waals surface area contributed by atoms with E-state index in [0.29, 0.717) is 16.7 Å². The molecule has 0 N–H and O–H groups in total. The van der Waals surface area contributed by atoms with Crippen molar-refractivity contribution >= 4 is 49.8 Å². The van der Waals surface area contributed by atoms with Gasteiger partial charge in [0.1, 0.15) is 11.2 Å². The number of hydrogen-bond acceptors (Lipinski definition) is 2. The zero-order chi connectivity index (χ0) is 42.4. The number of furan rings is 1. The van der Waals surface area contributed by atoms with Crippen LogP contribution in [0.25, 0.3) is 77.2 Å². The molecular formula is C55H39NO. The normalized spacial score (nSPS) is 14.1. The Kier molecular flexibility index (Phi) is 6.43. The summed E-state index contributed by atoms with van der Waals surface area (Å²) in [6.07, 6.45) is 0. The molecule has 0 radical (unpaired) electrons. The fourth-order valence-corrected chi connectivity index (χ4v) is 9.00. The molecule has 0 aliphatic heterocycles. The van der Waals surface area contributed by atoms with E-state index < -0.39 is 6.04 Å². The van der Waals surface area contributed by atoms with Gasteiger partial charge in [-0.05, 0) is 97.9 Å². The first kappa shape index (κ1) is 28.3. The number of hydrogen-bond donors (Lipinski definition) is 0. The van der Waals surface area contributed by atoms with Gasteiger partial charge in [0.05, 0.1) is 17.9 Å². The van der Waals surface area contributed by atoms with Crippen LogP contribution in [-0.2, 0) is 5.41 Å². The van der Waals surface area contributed by atoms with Crippen LogP contribution in [0.5, 0.6) is 0 Å². The van der Waals surface area contributed by atoms with Crippen LogP contribution >= 0.6 is 0 Å². The molecule has 0 bridgehead atoms. The lowest BCUT2D eigenvalue weighted by atomic mass is 9.82. The highest BCUT2D eigenvalue weighted by Gasteiger charge is 2.36. The summed E-state index contributed by atoms with van der Waals surface area (Å²) >= 11 is 0. The van der Waals surface area contributed by atoms with Crippen molar-refractivity contribution in [3.05, 3.63) is 211 Å². The first-order valence-corrected chi connectivity index (χ1v) is 19.4. The number of benzene rings is 9. The van der Waals surface area contributed by atoms with E-state index in [-0.39, 0.29) is 35.1 Å². The van der Waals surface area contributed by atoms with E-state index >= 15 is 0 Å². The number of anilines is 3. The van der Waals surface area contributed by atoms with Crippen molar-refractivity contribution in [2.24, 2.45) is 0 Å². The quantitative estimate of drug-likeness (QED) is 0.169. The second kappa shape index (κ2) is 13.0. The largest absolute Gasteiger partial charge is 0.455 e. The maximum atomic E-state index is 9.08. The third-order valence-corrected chi connectivity index (χ3v) is 11.8. The Labute approximate surface area is 339 Å². The predicted octanol–water partition coefficient (Wildman–Crippen LogP) is 15.5. The molecule has 0 unspecified atom stereocenters. The molecule has 0 saturated heterocycles. The summed E-state index contributed by atoms with van der Waals surface area (Å²) in [6, 6.07) is 57.1. The van der Waals surface area contributed by atoms with Gasteiger partial charge in [-0.2, -0.15) is 0 Å². The average molecular weight is 735 g/mol. The lowest BCUT2D eigenvalue weighted by Gasteiger charge is -2.29. The lowest BCUT2D eigenvalue weighted by Crippen LogP contribution is -2.16. The van der Waals surface area contributed by atoms with Crippen molar-refractivity contribution in [2.75, 3.05) is 4.90 Å². The van der Waals surface area contributed by atoms with Gasteiger partial charge in [-0.15, -0.1) is 0 Å². The molecule has 270 valence electrons. The summed E-state index contributed by atoms with van der Waals surface area (Å²) in [5.41, 5.74) is 13.8. The van der Waals surface area contributed by atoms with Gasteiger partial charge in [0, 0.05) is 33.1 Å². The summed E-state index contributed by atoms with van der Waals surface area (Å²) in [5.74, 6) is 0. The van der Waals surface area contributed by atoms with Gasteiger partial charge in [-0.1, -0.05) is 171 Å². The predicted molar refractivity (Wildman–Crippen MR) is 240 cm³/mol. The third-order valence-electron chi connectivity index (χ3n) is 11.8. The van der Waals surface area contributed by atoms with E-state index in [4.69, 9.17) is 11.3 Å². The van der Waals surface area contributed by atoms with Gasteiger partial charge in [0.15, 0.2) is 0 Å². The molecule has 0 amide bonds. The average Bonchev–Trinajstić information content (AvgIpc) is 3.81. The summed E-state index contributed by atoms with van der Waals surface area (Å²) in [6.45, 7) is 4.59. The second-order valence-electron chi connectivity index (χ2n) is 15.3. The minimum Gasteiger partial charge on any atom is -0.455 e. The summed E-state index contributed by atoms with van der Waals surface area (Å²) in [7, 11) is 0. The van der Waals surface area contributed by atoms with E-state index in [0.717, 1.165) is 60.9 Å². The fraction of sp³-hybridized carbons (Fsp3) is 0.0545. The molecule has 2 nitrogen and oxygen atoms in total. The molecule has 57 heavy (non-hydrogen) atoms. The molecule has 0 saturated carbocycles. The molecule has 1 aliphatic rings. The Morgan fingerprint density at radius 1 is 0.439 bits per heavy atom. The molecule has 1 aromatic heterocycles. The maximum absolute atomic E-state index is 9.08. The summed E-state index contributed by atoms with van der Waals surface area (Å²) in [4.78, 5) is 2.31. The van der Waals surface area contributed by atoms with Crippen LogP contribution in [0.4, 0.5) is 17.1 Å². The lowest BCUT2D eigenvalue weighted by molar-refractivity contribution is 0.660. The monoisotopic (exact) mass is 734 g/mol. The van der Waals surface area contributed by atoms with Gasteiger partial charge in [0.2, 0.25) is 0 Å². The van der Waals surface area contributed by atoms with Crippen molar-refractivity contribution in [3.8, 4) is 44.5 Å². The third kappa shape index (κ3) is 5.25. The maximum Gasteiger partial charge on any atom is 0.145 e. The van der Waals surface area contributed by atoms with Gasteiger partial charge in [-0.3, -0.25) is 0 Å². The van der Waals surface area contributed by atoms with Crippen LogP contribution in [0.1, 0.15) is 31.8 Å². The minimum absolute atomic E-state index is 0.151. The zero-order valence-electron chi connectivity index (χ0n) is 36.5. The van der Waals surface area contributed by atoms with Crippen LogP contribution in [0.3, 0.4) is 0 Å². The first-order chi connectivity index (χ1) is 30.1. The van der Waals surface area contributed by atoms with Crippen molar-refractivity contribution in [2.45, 2.75) is 19.3 Å².